The molecule has 232 valence electrons. The van der Waals surface area contributed by atoms with Gasteiger partial charge >= 0.3 is 6.11 Å². The summed E-state index contributed by atoms with van der Waals surface area (Å²) in [6.07, 6.45) is 6.36. The van der Waals surface area contributed by atoms with Crippen LogP contribution in [0.3, 0.4) is 0 Å². The van der Waals surface area contributed by atoms with Crippen molar-refractivity contribution in [2.45, 2.75) is 96.0 Å². The van der Waals surface area contributed by atoms with E-state index in [0.29, 0.717) is 36.8 Å². The number of alkyl halides is 2. The molecule has 0 heterocycles. The number of hydrogen-bond acceptors (Lipinski definition) is 1. The molecular weight excluding hydrogens is 562 g/mol. The van der Waals surface area contributed by atoms with E-state index in [2.05, 4.69) is 35.9 Å². The van der Waals surface area contributed by atoms with Crippen molar-refractivity contribution < 1.29 is 31.1 Å². The molecule has 2 fully saturated rings. The SMILES string of the molecule is CCCCCc1ccc(-c2ccc(C3CCC(C4CCC(C(F)(F)Oc5cc(F)c(F)c(F)c5)CC4)CC3)c(F)c2)cc1. The Kier molecular flexibility index (Phi) is 10.1. The van der Waals surface area contributed by atoms with Gasteiger partial charge in [-0.1, -0.05) is 56.2 Å². The average molecular weight is 603 g/mol. The highest BCUT2D eigenvalue weighted by Gasteiger charge is 2.45. The van der Waals surface area contributed by atoms with E-state index in [1.54, 1.807) is 6.07 Å². The number of aryl methyl sites for hydroxylation is 1. The molecule has 0 spiro atoms. The number of halogens is 6. The van der Waals surface area contributed by atoms with E-state index in [4.69, 9.17) is 0 Å². The second-order valence-corrected chi connectivity index (χ2v) is 12.5. The van der Waals surface area contributed by atoms with Gasteiger partial charge in [0.15, 0.2) is 17.5 Å². The van der Waals surface area contributed by atoms with Gasteiger partial charge in [-0.15, -0.1) is 0 Å². The van der Waals surface area contributed by atoms with Crippen LogP contribution in [0, 0.1) is 41.0 Å². The summed E-state index contributed by atoms with van der Waals surface area (Å²) in [4.78, 5) is 0. The van der Waals surface area contributed by atoms with Crippen molar-refractivity contribution in [2.24, 2.45) is 17.8 Å². The summed E-state index contributed by atoms with van der Waals surface area (Å²) in [5.41, 5.74) is 3.95. The van der Waals surface area contributed by atoms with Crippen molar-refractivity contribution in [1.29, 1.82) is 0 Å². The summed E-state index contributed by atoms with van der Waals surface area (Å²) in [6, 6.07) is 14.9. The normalized spacial score (nSPS) is 22.9. The van der Waals surface area contributed by atoms with Gasteiger partial charge in [0.2, 0.25) is 0 Å². The monoisotopic (exact) mass is 602 g/mol. The van der Waals surface area contributed by atoms with E-state index in [1.807, 2.05) is 12.1 Å². The van der Waals surface area contributed by atoms with Crippen LogP contribution >= 0.6 is 0 Å². The molecule has 0 aliphatic heterocycles. The van der Waals surface area contributed by atoms with Crippen LogP contribution in [0.4, 0.5) is 26.3 Å². The van der Waals surface area contributed by atoms with Gasteiger partial charge < -0.3 is 4.74 Å². The Labute approximate surface area is 250 Å². The van der Waals surface area contributed by atoms with Crippen molar-refractivity contribution in [1.82, 2.24) is 0 Å². The van der Waals surface area contributed by atoms with Crippen LogP contribution in [0.5, 0.6) is 5.75 Å². The number of ether oxygens (including phenoxy) is 1. The van der Waals surface area contributed by atoms with Gasteiger partial charge in [-0.05, 0) is 110 Å². The Hall–Kier alpha value is -2.96. The quantitative estimate of drug-likeness (QED) is 0.127. The molecular formula is C36H40F6O. The van der Waals surface area contributed by atoms with Gasteiger partial charge in [0.05, 0.1) is 5.92 Å². The zero-order valence-corrected chi connectivity index (χ0v) is 24.7. The molecule has 2 aliphatic carbocycles. The van der Waals surface area contributed by atoms with Crippen LogP contribution < -0.4 is 4.74 Å². The highest BCUT2D eigenvalue weighted by molar-refractivity contribution is 5.64. The minimum Gasteiger partial charge on any atom is -0.432 e. The summed E-state index contributed by atoms with van der Waals surface area (Å²) in [5.74, 6) is -5.96. The summed E-state index contributed by atoms with van der Waals surface area (Å²) in [5, 5.41) is 0. The summed E-state index contributed by atoms with van der Waals surface area (Å²) >= 11 is 0. The van der Waals surface area contributed by atoms with Gasteiger partial charge in [0.25, 0.3) is 0 Å². The van der Waals surface area contributed by atoms with Crippen molar-refractivity contribution >= 4 is 0 Å². The van der Waals surface area contributed by atoms with Gasteiger partial charge in [-0.2, -0.15) is 8.78 Å². The second kappa shape index (κ2) is 13.8. The number of unbranched alkanes of at least 4 members (excludes halogenated alkanes) is 2. The van der Waals surface area contributed by atoms with Crippen LogP contribution in [0.2, 0.25) is 0 Å². The van der Waals surface area contributed by atoms with Gasteiger partial charge in [0, 0.05) is 12.1 Å². The molecule has 0 saturated heterocycles. The molecule has 2 saturated carbocycles. The van der Waals surface area contributed by atoms with E-state index in [9.17, 15) is 22.0 Å². The predicted octanol–water partition coefficient (Wildman–Crippen LogP) is 11.4. The Morgan fingerprint density at radius 1 is 0.674 bits per heavy atom. The molecule has 0 bridgehead atoms. The first-order valence-corrected chi connectivity index (χ1v) is 15.7. The lowest BCUT2D eigenvalue weighted by Crippen LogP contribution is -2.38. The molecule has 2 aliphatic rings. The Bertz CT molecular complexity index is 1330. The second-order valence-electron chi connectivity index (χ2n) is 12.5. The van der Waals surface area contributed by atoms with Crippen LogP contribution in [0.25, 0.3) is 11.1 Å². The molecule has 3 aromatic rings. The maximum Gasteiger partial charge on any atom is 0.400 e. The van der Waals surface area contributed by atoms with Crippen molar-refractivity contribution in [3.8, 4) is 16.9 Å². The third-order valence-corrected chi connectivity index (χ3v) is 9.69. The van der Waals surface area contributed by atoms with Crippen molar-refractivity contribution in [3.05, 3.63) is 89.0 Å². The van der Waals surface area contributed by atoms with Gasteiger partial charge in [0.1, 0.15) is 11.6 Å². The molecule has 7 heteroatoms. The number of rotatable bonds is 10. The lowest BCUT2D eigenvalue weighted by molar-refractivity contribution is -0.224. The lowest BCUT2D eigenvalue weighted by atomic mass is 9.68. The fraction of sp³-hybridized carbons (Fsp3) is 0.500. The largest absolute Gasteiger partial charge is 0.432 e. The molecule has 0 N–H and O–H groups in total. The third-order valence-electron chi connectivity index (χ3n) is 9.69. The molecule has 0 amide bonds. The van der Waals surface area contributed by atoms with Crippen LogP contribution in [-0.2, 0) is 6.42 Å². The Morgan fingerprint density at radius 2 is 1.26 bits per heavy atom. The summed E-state index contributed by atoms with van der Waals surface area (Å²) < 4.78 is 89.7. The molecule has 5 rings (SSSR count). The standard InChI is InChI=1S/C36H40F6O/c1-2-3-4-5-23-6-8-26(9-7-23)28-16-19-31(32(37)20-28)27-12-10-24(11-13-27)25-14-17-29(18-15-25)36(41,42)43-30-21-33(38)35(40)34(39)22-30/h6-9,16,19-22,24-25,27,29H,2-5,10-15,17-18H2,1H3. The number of hydrogen-bond donors (Lipinski definition) is 0. The van der Waals surface area contributed by atoms with E-state index in [-0.39, 0.29) is 24.6 Å². The maximum absolute atomic E-state index is 15.3. The first kappa shape index (κ1) is 31.5. The average Bonchev–Trinajstić information content (AvgIpc) is 3.00. The van der Waals surface area contributed by atoms with E-state index in [0.717, 1.165) is 48.8 Å². The van der Waals surface area contributed by atoms with E-state index < -0.39 is 35.2 Å². The molecule has 0 radical (unpaired) electrons. The summed E-state index contributed by atoms with van der Waals surface area (Å²) in [6.45, 7) is 2.19. The van der Waals surface area contributed by atoms with E-state index >= 15 is 4.39 Å². The van der Waals surface area contributed by atoms with Gasteiger partial charge in [-0.25, -0.2) is 17.6 Å². The molecule has 43 heavy (non-hydrogen) atoms. The highest BCUT2D eigenvalue weighted by Crippen LogP contribution is 2.47. The zero-order chi connectivity index (χ0) is 30.6. The van der Waals surface area contributed by atoms with Crippen LogP contribution in [0.15, 0.2) is 54.6 Å². The smallest absolute Gasteiger partial charge is 0.400 e. The Morgan fingerprint density at radius 3 is 1.84 bits per heavy atom. The molecule has 0 atom stereocenters. The summed E-state index contributed by atoms with van der Waals surface area (Å²) in [7, 11) is 0. The molecule has 0 unspecified atom stereocenters. The first-order chi connectivity index (χ1) is 20.6. The third kappa shape index (κ3) is 7.58. The zero-order valence-electron chi connectivity index (χ0n) is 24.7. The minimum atomic E-state index is -3.61. The van der Waals surface area contributed by atoms with Crippen molar-refractivity contribution in [2.75, 3.05) is 0 Å². The molecule has 0 aromatic heterocycles. The minimum absolute atomic E-state index is 0.150. The Balaban J connectivity index is 1.11. The lowest BCUT2D eigenvalue weighted by Gasteiger charge is -2.39. The molecule has 1 nitrogen and oxygen atoms in total. The topological polar surface area (TPSA) is 9.23 Å². The fourth-order valence-electron chi connectivity index (χ4n) is 7.14. The maximum atomic E-state index is 15.3. The van der Waals surface area contributed by atoms with Gasteiger partial charge in [-0.3, -0.25) is 0 Å². The predicted molar refractivity (Wildman–Crippen MR) is 157 cm³/mol. The van der Waals surface area contributed by atoms with Crippen molar-refractivity contribution in [3.63, 3.8) is 0 Å². The van der Waals surface area contributed by atoms with Crippen LogP contribution in [0.1, 0.15) is 94.6 Å². The van der Waals surface area contributed by atoms with E-state index in [1.165, 1.54) is 24.8 Å². The van der Waals surface area contributed by atoms with Crippen LogP contribution in [-0.4, -0.2) is 6.11 Å². The molecule has 3 aromatic carbocycles. The number of benzene rings is 3. The fourth-order valence-corrected chi connectivity index (χ4v) is 7.14. The highest BCUT2D eigenvalue weighted by atomic mass is 19.3. The first-order valence-electron chi connectivity index (χ1n) is 15.7.